The van der Waals surface area contributed by atoms with Crippen LogP contribution in [0.1, 0.15) is 45.0 Å². The average Bonchev–Trinajstić information content (AvgIpc) is 3.45. The van der Waals surface area contributed by atoms with Crippen LogP contribution in [0.3, 0.4) is 0 Å². The number of aromatic amines is 1. The Labute approximate surface area is 171 Å². The van der Waals surface area contributed by atoms with Crippen LogP contribution in [0.15, 0.2) is 39.8 Å². The molecule has 3 aromatic heterocycles. The molecular formula is C20H14F4N4O3. The molecule has 0 aliphatic carbocycles. The molecule has 0 fully saturated rings. The molecule has 0 unspecified atom stereocenters. The predicted octanol–water partition coefficient (Wildman–Crippen LogP) is 4.40. The van der Waals surface area contributed by atoms with Crippen LogP contribution in [-0.4, -0.2) is 32.3 Å². The first-order valence-electron chi connectivity index (χ1n) is 9.28. The van der Waals surface area contributed by atoms with E-state index in [1.807, 2.05) is 0 Å². The van der Waals surface area contributed by atoms with Crippen molar-refractivity contribution in [1.82, 2.24) is 19.9 Å². The number of nitrogens with one attached hydrogen (secondary N) is 1. The van der Waals surface area contributed by atoms with Crippen LogP contribution in [0.2, 0.25) is 0 Å². The molecule has 0 spiro atoms. The molecule has 11 heteroatoms. The third-order valence-corrected chi connectivity index (χ3v) is 5.40. The number of alkyl halides is 3. The van der Waals surface area contributed by atoms with Crippen molar-refractivity contribution >= 4 is 16.9 Å². The second-order valence-corrected chi connectivity index (χ2v) is 7.18. The Hall–Kier alpha value is -3.63. The van der Waals surface area contributed by atoms with Gasteiger partial charge in [0.25, 0.3) is 5.91 Å². The van der Waals surface area contributed by atoms with Crippen LogP contribution in [0.25, 0.3) is 11.0 Å². The molecular weight excluding hydrogens is 420 g/mol. The minimum absolute atomic E-state index is 0.0849. The number of fused-ring (bicyclic) bond motifs is 2. The van der Waals surface area contributed by atoms with Crippen LogP contribution < -0.4 is 0 Å². The van der Waals surface area contributed by atoms with Crippen molar-refractivity contribution in [3.05, 3.63) is 70.9 Å². The summed E-state index contributed by atoms with van der Waals surface area (Å²) in [7, 11) is 0. The lowest BCUT2D eigenvalue weighted by Crippen LogP contribution is -2.41. The third-order valence-electron chi connectivity index (χ3n) is 5.40. The molecule has 4 heterocycles. The summed E-state index contributed by atoms with van der Waals surface area (Å²) in [5.41, 5.74) is 0.720. The van der Waals surface area contributed by atoms with Gasteiger partial charge in [-0.25, -0.2) is 14.4 Å². The molecule has 0 saturated heterocycles. The van der Waals surface area contributed by atoms with E-state index in [9.17, 15) is 22.4 Å². The molecule has 1 N–H and O–H groups in total. The lowest BCUT2D eigenvalue weighted by atomic mass is 9.97. The smallest absolute Gasteiger partial charge is 0.437 e. The summed E-state index contributed by atoms with van der Waals surface area (Å²) >= 11 is 0. The van der Waals surface area contributed by atoms with E-state index in [0.717, 1.165) is 5.69 Å². The summed E-state index contributed by atoms with van der Waals surface area (Å²) in [6.07, 6.45) is -2.47. The lowest BCUT2D eigenvalue weighted by molar-refractivity contribution is -0.141. The molecule has 1 atom stereocenters. The van der Waals surface area contributed by atoms with Gasteiger partial charge in [-0.2, -0.15) is 13.2 Å². The number of rotatable bonds is 2. The topological polar surface area (TPSA) is 88.2 Å². The van der Waals surface area contributed by atoms with E-state index in [0.29, 0.717) is 35.0 Å². The lowest BCUT2D eigenvalue weighted by Gasteiger charge is -2.33. The van der Waals surface area contributed by atoms with Gasteiger partial charge in [-0.05, 0) is 25.1 Å². The summed E-state index contributed by atoms with van der Waals surface area (Å²) in [6, 6.07) is 3.07. The summed E-state index contributed by atoms with van der Waals surface area (Å²) in [6.45, 7) is 1.78. The number of H-pyrrole nitrogens is 1. The number of hydrogen-bond donors (Lipinski definition) is 1. The van der Waals surface area contributed by atoms with Crippen LogP contribution >= 0.6 is 0 Å². The number of nitrogens with zero attached hydrogens (tertiary/aromatic N) is 3. The molecule has 1 aromatic carbocycles. The van der Waals surface area contributed by atoms with Crippen molar-refractivity contribution in [2.75, 3.05) is 6.54 Å². The van der Waals surface area contributed by atoms with Gasteiger partial charge in [0.1, 0.15) is 23.2 Å². The highest BCUT2D eigenvalue weighted by Gasteiger charge is 2.44. The number of oxazole rings is 1. The first kappa shape index (κ1) is 19.3. The Morgan fingerprint density at radius 2 is 2.10 bits per heavy atom. The van der Waals surface area contributed by atoms with Gasteiger partial charge in [0.15, 0.2) is 12.1 Å². The zero-order chi connectivity index (χ0) is 21.9. The molecule has 160 valence electrons. The fourth-order valence-electron chi connectivity index (χ4n) is 3.96. The molecule has 0 saturated carbocycles. The fourth-order valence-corrected chi connectivity index (χ4v) is 3.96. The van der Waals surface area contributed by atoms with E-state index >= 15 is 0 Å². The highest BCUT2D eigenvalue weighted by molar-refractivity contribution is 5.93. The van der Waals surface area contributed by atoms with E-state index < -0.39 is 35.4 Å². The van der Waals surface area contributed by atoms with Gasteiger partial charge in [-0.1, -0.05) is 0 Å². The number of furan rings is 1. The van der Waals surface area contributed by atoms with Gasteiger partial charge in [0.2, 0.25) is 5.76 Å². The van der Waals surface area contributed by atoms with Crippen molar-refractivity contribution in [1.29, 1.82) is 0 Å². The fraction of sp³-hybridized carbons (Fsp3) is 0.250. The van der Waals surface area contributed by atoms with Gasteiger partial charge in [0.05, 0.1) is 12.0 Å². The van der Waals surface area contributed by atoms with Gasteiger partial charge in [-0.15, -0.1) is 0 Å². The number of halogens is 4. The number of aryl methyl sites for hydroxylation is 1. The maximum absolute atomic E-state index is 13.8. The van der Waals surface area contributed by atoms with Gasteiger partial charge >= 0.3 is 6.18 Å². The maximum atomic E-state index is 13.8. The van der Waals surface area contributed by atoms with Crippen molar-refractivity contribution in [3.63, 3.8) is 0 Å². The Morgan fingerprint density at radius 3 is 2.87 bits per heavy atom. The number of carbonyl (C=O) groups excluding carboxylic acids is 1. The van der Waals surface area contributed by atoms with E-state index in [-0.39, 0.29) is 12.3 Å². The summed E-state index contributed by atoms with van der Waals surface area (Å²) in [5.74, 6) is -2.07. The Morgan fingerprint density at radius 1 is 1.29 bits per heavy atom. The van der Waals surface area contributed by atoms with Crippen LogP contribution in [0, 0.1) is 12.7 Å². The highest BCUT2D eigenvalue weighted by atomic mass is 19.4. The molecule has 0 bridgehead atoms. The molecule has 1 aliphatic heterocycles. The predicted molar refractivity (Wildman–Crippen MR) is 97.6 cm³/mol. The van der Waals surface area contributed by atoms with E-state index in [2.05, 4.69) is 15.0 Å². The van der Waals surface area contributed by atoms with Crippen LogP contribution in [0.4, 0.5) is 17.6 Å². The van der Waals surface area contributed by atoms with Crippen molar-refractivity contribution < 1.29 is 31.2 Å². The van der Waals surface area contributed by atoms with Crippen LogP contribution in [-0.2, 0) is 12.6 Å². The molecule has 31 heavy (non-hydrogen) atoms. The molecule has 0 radical (unpaired) electrons. The maximum Gasteiger partial charge on any atom is 0.437 e. The number of benzene rings is 1. The first-order valence-corrected chi connectivity index (χ1v) is 9.28. The molecule has 5 rings (SSSR count). The molecule has 1 aliphatic rings. The second kappa shape index (κ2) is 6.69. The van der Waals surface area contributed by atoms with Gasteiger partial charge in [0, 0.05) is 29.6 Å². The minimum atomic E-state index is -4.85. The quantitative estimate of drug-likeness (QED) is 0.473. The van der Waals surface area contributed by atoms with Gasteiger partial charge < -0.3 is 18.7 Å². The minimum Gasteiger partial charge on any atom is -0.458 e. The highest BCUT2D eigenvalue weighted by Crippen LogP contribution is 2.41. The van der Waals surface area contributed by atoms with Crippen molar-refractivity contribution in [2.24, 2.45) is 0 Å². The van der Waals surface area contributed by atoms with Gasteiger partial charge in [-0.3, -0.25) is 4.79 Å². The zero-order valence-corrected chi connectivity index (χ0v) is 16.0. The average molecular weight is 434 g/mol. The summed E-state index contributed by atoms with van der Waals surface area (Å²) in [4.78, 5) is 24.8. The van der Waals surface area contributed by atoms with Crippen molar-refractivity contribution in [3.8, 4) is 0 Å². The number of imidazole rings is 1. The van der Waals surface area contributed by atoms with Crippen molar-refractivity contribution in [2.45, 2.75) is 25.6 Å². The molecule has 7 nitrogen and oxygen atoms in total. The Balaban J connectivity index is 1.66. The number of hydrogen-bond acceptors (Lipinski definition) is 5. The standard InChI is InChI=1S/C20H14F4N4O3/c1-9-11-6-10(21)2-3-13(11)31-16(9)15-14-12(25-7-26-14)4-5-28(15)19(29)17-18(20(22,23)24)27-8-30-17/h2-3,6-8,15H,4-5H2,1H3,(H,25,26)/t15-/m0/s1. The second-order valence-electron chi connectivity index (χ2n) is 7.18. The molecule has 1 amide bonds. The summed E-state index contributed by atoms with van der Waals surface area (Å²) in [5, 5.41) is 0.501. The summed E-state index contributed by atoms with van der Waals surface area (Å²) < 4.78 is 64.4. The SMILES string of the molecule is Cc1c([C@@H]2c3nc[nH]c3CCN2C(=O)c2ocnc2C(F)(F)F)oc2ccc(F)cc12. The largest absolute Gasteiger partial charge is 0.458 e. The Kier molecular flexibility index (Phi) is 4.17. The third kappa shape index (κ3) is 2.99. The monoisotopic (exact) mass is 434 g/mol. The molecule has 4 aromatic rings. The van der Waals surface area contributed by atoms with E-state index in [4.69, 9.17) is 8.83 Å². The first-order chi connectivity index (χ1) is 14.8. The van der Waals surface area contributed by atoms with E-state index in [1.54, 1.807) is 6.92 Å². The number of aromatic nitrogens is 3. The van der Waals surface area contributed by atoms with Crippen LogP contribution in [0.5, 0.6) is 0 Å². The number of amides is 1. The Bertz CT molecular complexity index is 1300. The number of carbonyl (C=O) groups is 1. The normalized spacial score (nSPS) is 16.7. The zero-order valence-electron chi connectivity index (χ0n) is 16.0. The van der Waals surface area contributed by atoms with E-state index in [1.165, 1.54) is 29.4 Å².